The number of hydrogen-bond acceptors (Lipinski definition) is 6. The number of benzene rings is 7. The smallest absolute Gasteiger partial charge is 0.177 e. The van der Waals surface area contributed by atoms with Crippen LogP contribution in [0.1, 0.15) is 22.9 Å². The largest absolute Gasteiger partial charge is 0.456 e. The van der Waals surface area contributed by atoms with E-state index in [9.17, 15) is 0 Å². The summed E-state index contributed by atoms with van der Waals surface area (Å²) in [6.07, 6.45) is -0.673. The highest BCUT2D eigenvalue weighted by Crippen LogP contribution is 2.51. The fourth-order valence-electron chi connectivity index (χ4n) is 7.51. The van der Waals surface area contributed by atoms with Gasteiger partial charge in [-0.25, -0.2) is 9.98 Å². The number of amidine groups is 2. The first-order valence-electron chi connectivity index (χ1n) is 17.3. The summed E-state index contributed by atoms with van der Waals surface area (Å²) < 4.78 is 21.9. The molecule has 2 aliphatic rings. The molecule has 1 unspecified atom stereocenters. The standard InChI is InChI=1S/C45H28N4O3/c1-2-12-27(13-3-1)43-46-44(28-22-23-33-32-16-6-9-19-37(32)50-40(33)24-28)48-45(47-43)34-25-29(26-41-42(34)52-39-21-11-10-20-38(39)51-41)49-35-17-7-4-14-30(35)31-15-5-8-18-36(31)49/h1-26,45H,(H,46,47,48). The predicted octanol–water partition coefficient (Wildman–Crippen LogP) is 11.1. The van der Waals surface area contributed by atoms with Gasteiger partial charge in [0.25, 0.3) is 0 Å². The summed E-state index contributed by atoms with van der Waals surface area (Å²) >= 11 is 0. The maximum Gasteiger partial charge on any atom is 0.177 e. The Balaban J connectivity index is 1.14. The van der Waals surface area contributed by atoms with Gasteiger partial charge in [0.05, 0.1) is 16.7 Å². The molecule has 7 nitrogen and oxygen atoms in total. The Kier molecular flexibility index (Phi) is 6.18. The second kappa shape index (κ2) is 11.2. The summed E-state index contributed by atoms with van der Waals surface area (Å²) in [6.45, 7) is 0. The maximum absolute atomic E-state index is 6.67. The van der Waals surface area contributed by atoms with Crippen LogP contribution in [-0.2, 0) is 0 Å². The molecule has 2 aromatic heterocycles. The lowest BCUT2D eigenvalue weighted by Gasteiger charge is -2.27. The molecule has 1 atom stereocenters. The first-order chi connectivity index (χ1) is 25.7. The number of fused-ring (bicyclic) bond motifs is 8. The van der Waals surface area contributed by atoms with Crippen LogP contribution in [-0.4, -0.2) is 16.2 Å². The lowest BCUT2D eigenvalue weighted by molar-refractivity contribution is 0.354. The van der Waals surface area contributed by atoms with E-state index in [0.29, 0.717) is 34.7 Å². The number of rotatable bonds is 4. The van der Waals surface area contributed by atoms with Crippen LogP contribution in [0.4, 0.5) is 0 Å². The van der Waals surface area contributed by atoms with Gasteiger partial charge >= 0.3 is 0 Å². The van der Waals surface area contributed by atoms with Crippen molar-refractivity contribution in [2.24, 2.45) is 9.98 Å². The van der Waals surface area contributed by atoms with E-state index in [0.717, 1.165) is 55.3 Å². The average molecular weight is 673 g/mol. The van der Waals surface area contributed by atoms with E-state index in [1.54, 1.807) is 0 Å². The van der Waals surface area contributed by atoms with Gasteiger partial charge in [0.15, 0.2) is 29.2 Å². The zero-order chi connectivity index (χ0) is 34.2. The number of furan rings is 1. The Morgan fingerprint density at radius 1 is 0.481 bits per heavy atom. The number of aromatic nitrogens is 1. The fraction of sp³-hybridized carbons (Fsp3) is 0.0222. The van der Waals surface area contributed by atoms with Crippen LogP contribution in [0.5, 0.6) is 23.0 Å². The molecule has 0 saturated carbocycles. The van der Waals surface area contributed by atoms with Crippen LogP contribution in [0.15, 0.2) is 172 Å². The highest BCUT2D eigenvalue weighted by atomic mass is 16.6. The van der Waals surface area contributed by atoms with Gasteiger partial charge in [0, 0.05) is 44.3 Å². The van der Waals surface area contributed by atoms with Crippen molar-refractivity contribution in [2.75, 3.05) is 0 Å². The van der Waals surface area contributed by atoms with Gasteiger partial charge in [-0.2, -0.15) is 0 Å². The molecular weight excluding hydrogens is 645 g/mol. The molecule has 9 aromatic rings. The van der Waals surface area contributed by atoms with Crippen molar-refractivity contribution in [3.05, 3.63) is 174 Å². The lowest BCUT2D eigenvalue weighted by Crippen LogP contribution is -2.36. The summed E-state index contributed by atoms with van der Waals surface area (Å²) in [5.41, 5.74) is 7.36. The SMILES string of the molecule is c1ccc(C2=NC(c3cc(-n4c5ccccc5c5ccccc54)cc4c3Oc3ccccc3O4)N=C(c3ccc4c(c3)oc3ccccc34)N2)cc1. The van der Waals surface area contributed by atoms with E-state index in [4.69, 9.17) is 23.9 Å². The lowest BCUT2D eigenvalue weighted by atomic mass is 10.1. The van der Waals surface area contributed by atoms with Crippen LogP contribution in [0.3, 0.4) is 0 Å². The summed E-state index contributed by atoms with van der Waals surface area (Å²) in [6, 6.07) is 53.3. The predicted molar refractivity (Wildman–Crippen MR) is 206 cm³/mol. The summed E-state index contributed by atoms with van der Waals surface area (Å²) in [5.74, 6) is 3.86. The minimum atomic E-state index is -0.673. The maximum atomic E-state index is 6.67. The fourth-order valence-corrected chi connectivity index (χ4v) is 7.51. The molecular formula is C45H28N4O3. The monoisotopic (exact) mass is 672 g/mol. The number of hydrogen-bond donors (Lipinski definition) is 1. The molecule has 0 radical (unpaired) electrons. The summed E-state index contributed by atoms with van der Waals surface area (Å²) in [4.78, 5) is 10.6. The van der Waals surface area contributed by atoms with Gasteiger partial charge in [-0.1, -0.05) is 103 Å². The number of nitrogens with zero attached hydrogens (tertiary/aromatic N) is 3. The molecule has 0 fully saturated rings. The third kappa shape index (κ3) is 4.46. The van der Waals surface area contributed by atoms with Crippen molar-refractivity contribution < 1.29 is 13.9 Å². The Hall–Kier alpha value is -7.12. The van der Waals surface area contributed by atoms with Crippen molar-refractivity contribution >= 4 is 55.4 Å². The van der Waals surface area contributed by atoms with E-state index in [1.807, 2.05) is 78.9 Å². The molecule has 7 aromatic carbocycles. The number of ether oxygens (including phenoxy) is 2. The minimum Gasteiger partial charge on any atom is -0.456 e. The van der Waals surface area contributed by atoms with Gasteiger partial charge in [0.2, 0.25) is 0 Å². The topological polar surface area (TPSA) is 73.3 Å². The molecule has 1 N–H and O–H groups in total. The molecule has 11 rings (SSSR count). The molecule has 0 aliphatic carbocycles. The van der Waals surface area contributed by atoms with Gasteiger partial charge in [-0.05, 0) is 48.5 Å². The zero-order valence-corrected chi connectivity index (χ0v) is 27.7. The second-order valence-electron chi connectivity index (χ2n) is 13.0. The molecule has 0 amide bonds. The van der Waals surface area contributed by atoms with Crippen molar-refractivity contribution in [3.63, 3.8) is 0 Å². The highest BCUT2D eigenvalue weighted by Gasteiger charge is 2.30. The van der Waals surface area contributed by atoms with Crippen molar-refractivity contribution in [3.8, 4) is 28.7 Å². The van der Waals surface area contributed by atoms with Gasteiger partial charge in [0.1, 0.15) is 22.8 Å². The summed E-state index contributed by atoms with van der Waals surface area (Å²) in [7, 11) is 0. The van der Waals surface area contributed by atoms with Crippen LogP contribution < -0.4 is 14.8 Å². The number of nitrogens with one attached hydrogen (secondary N) is 1. The van der Waals surface area contributed by atoms with Crippen LogP contribution in [0.25, 0.3) is 49.4 Å². The van der Waals surface area contributed by atoms with Gasteiger partial charge < -0.3 is 23.8 Å². The van der Waals surface area contributed by atoms with E-state index in [-0.39, 0.29) is 0 Å². The summed E-state index contributed by atoms with van der Waals surface area (Å²) in [5, 5.41) is 8.04. The molecule has 0 spiro atoms. The normalized spacial score (nSPS) is 15.0. The van der Waals surface area contributed by atoms with E-state index in [1.165, 1.54) is 10.8 Å². The van der Waals surface area contributed by atoms with Crippen LogP contribution in [0.2, 0.25) is 0 Å². The van der Waals surface area contributed by atoms with Gasteiger partial charge in [-0.3, -0.25) is 0 Å². The first-order valence-corrected chi connectivity index (χ1v) is 17.3. The molecule has 246 valence electrons. The third-order valence-corrected chi connectivity index (χ3v) is 9.90. The van der Waals surface area contributed by atoms with E-state index >= 15 is 0 Å². The van der Waals surface area contributed by atoms with Gasteiger partial charge in [-0.15, -0.1) is 0 Å². The zero-order valence-electron chi connectivity index (χ0n) is 27.7. The second-order valence-corrected chi connectivity index (χ2v) is 13.0. The molecule has 0 bridgehead atoms. The Labute approximate surface area is 297 Å². The van der Waals surface area contributed by atoms with E-state index in [2.05, 4.69) is 88.7 Å². The van der Waals surface area contributed by atoms with E-state index < -0.39 is 6.17 Å². The van der Waals surface area contributed by atoms with Crippen molar-refractivity contribution in [2.45, 2.75) is 6.17 Å². The van der Waals surface area contributed by atoms with Crippen LogP contribution in [0, 0.1) is 0 Å². The minimum absolute atomic E-state index is 0.585. The van der Waals surface area contributed by atoms with Crippen LogP contribution >= 0.6 is 0 Å². The quantitative estimate of drug-likeness (QED) is 0.202. The van der Waals surface area contributed by atoms with Crippen molar-refractivity contribution in [1.82, 2.24) is 9.88 Å². The number of para-hydroxylation sites is 5. The average Bonchev–Trinajstić information content (AvgIpc) is 3.75. The molecule has 52 heavy (non-hydrogen) atoms. The highest BCUT2D eigenvalue weighted by molar-refractivity contribution is 6.17. The Morgan fingerprint density at radius 3 is 1.87 bits per heavy atom. The molecule has 2 aliphatic heterocycles. The Bertz CT molecular complexity index is 2900. The Morgan fingerprint density at radius 2 is 1.10 bits per heavy atom. The third-order valence-electron chi connectivity index (χ3n) is 9.90. The van der Waals surface area contributed by atoms with Crippen molar-refractivity contribution in [1.29, 1.82) is 0 Å². The number of aliphatic imine (C=N–C) groups is 2. The molecule has 4 heterocycles. The first kappa shape index (κ1) is 28.7. The molecule has 7 heteroatoms. The molecule has 0 saturated heterocycles.